The maximum Gasteiger partial charge on any atom is 0.248 e. The Labute approximate surface area is 173 Å². The molecule has 4 aromatic rings. The Morgan fingerprint density at radius 2 is 1.50 bits per heavy atom. The maximum atomic E-state index is 12.3. The number of methoxy groups -OCH3 is 2. The first-order valence-corrected chi connectivity index (χ1v) is 9.29. The highest BCUT2D eigenvalue weighted by molar-refractivity contribution is 6.02. The predicted octanol–water partition coefficient (Wildman–Crippen LogP) is 4.09. The summed E-state index contributed by atoms with van der Waals surface area (Å²) in [4.78, 5) is 13.8. The molecule has 0 unspecified atom stereocenters. The average Bonchev–Trinajstić information content (AvgIpc) is 3.21. The van der Waals surface area contributed by atoms with Crippen LogP contribution in [0.3, 0.4) is 0 Å². The lowest BCUT2D eigenvalue weighted by Crippen LogP contribution is -2.07. The monoisotopic (exact) mass is 400 g/mol. The van der Waals surface area contributed by atoms with Crippen LogP contribution in [0.1, 0.15) is 5.56 Å². The number of hydrogen-bond acceptors (Lipinski definition) is 5. The van der Waals surface area contributed by atoms with E-state index in [1.54, 1.807) is 37.2 Å². The summed E-state index contributed by atoms with van der Waals surface area (Å²) in [5.74, 6) is 1.31. The molecule has 0 bridgehead atoms. The van der Waals surface area contributed by atoms with Crippen molar-refractivity contribution in [3.05, 3.63) is 78.4 Å². The fraction of sp³-hybridized carbons (Fsp3) is 0.0870. The fourth-order valence-electron chi connectivity index (χ4n) is 2.89. The van der Waals surface area contributed by atoms with Crippen molar-refractivity contribution in [1.29, 1.82) is 0 Å². The molecule has 1 N–H and O–H groups in total. The quantitative estimate of drug-likeness (QED) is 0.493. The van der Waals surface area contributed by atoms with E-state index in [1.807, 2.05) is 54.6 Å². The number of carbonyl (C=O) groups excluding carboxylic acids is 1. The number of rotatable bonds is 6. The molecule has 0 saturated heterocycles. The van der Waals surface area contributed by atoms with Crippen LogP contribution >= 0.6 is 0 Å². The zero-order valence-corrected chi connectivity index (χ0v) is 16.6. The average molecular weight is 400 g/mol. The summed E-state index contributed by atoms with van der Waals surface area (Å²) in [6.45, 7) is 0. The van der Waals surface area contributed by atoms with E-state index in [4.69, 9.17) is 9.47 Å². The molecule has 150 valence electrons. The van der Waals surface area contributed by atoms with Crippen molar-refractivity contribution in [1.82, 2.24) is 15.0 Å². The van der Waals surface area contributed by atoms with Gasteiger partial charge in [0.05, 0.1) is 19.9 Å². The number of benzene rings is 3. The van der Waals surface area contributed by atoms with Crippen LogP contribution in [0.25, 0.3) is 22.8 Å². The van der Waals surface area contributed by atoms with E-state index in [-0.39, 0.29) is 5.91 Å². The summed E-state index contributed by atoms with van der Waals surface area (Å²) in [5.41, 5.74) is 3.79. The molecule has 3 aromatic carbocycles. The highest BCUT2D eigenvalue weighted by Crippen LogP contribution is 2.19. The predicted molar refractivity (Wildman–Crippen MR) is 116 cm³/mol. The van der Waals surface area contributed by atoms with E-state index in [1.165, 1.54) is 6.08 Å². The Hall–Kier alpha value is -4.13. The maximum absolute atomic E-state index is 12.3. The van der Waals surface area contributed by atoms with Crippen LogP contribution in [0.5, 0.6) is 11.5 Å². The van der Waals surface area contributed by atoms with Gasteiger partial charge in [0.15, 0.2) is 0 Å². The first kappa shape index (κ1) is 19.2. The number of fused-ring (bicyclic) bond motifs is 1. The molecule has 0 fully saturated rings. The minimum absolute atomic E-state index is 0.229. The zero-order chi connectivity index (χ0) is 20.9. The van der Waals surface area contributed by atoms with Gasteiger partial charge in [0.1, 0.15) is 22.5 Å². The lowest BCUT2D eigenvalue weighted by atomic mass is 10.2. The van der Waals surface area contributed by atoms with Gasteiger partial charge in [-0.3, -0.25) is 4.79 Å². The third-order valence-corrected chi connectivity index (χ3v) is 4.49. The molecule has 1 amide bonds. The van der Waals surface area contributed by atoms with Crippen LogP contribution in [-0.2, 0) is 4.79 Å². The summed E-state index contributed by atoms with van der Waals surface area (Å²) >= 11 is 0. The van der Waals surface area contributed by atoms with Gasteiger partial charge < -0.3 is 14.8 Å². The van der Waals surface area contributed by atoms with Crippen molar-refractivity contribution >= 4 is 28.7 Å². The lowest BCUT2D eigenvalue weighted by molar-refractivity contribution is -0.111. The fourth-order valence-corrected chi connectivity index (χ4v) is 2.89. The SMILES string of the molecule is COc1ccc(/C=C/C(=O)Nc2ccc3nn(-c4ccc(OC)cc4)nc3c2)cc1. The van der Waals surface area contributed by atoms with Crippen LogP contribution < -0.4 is 14.8 Å². The van der Waals surface area contributed by atoms with Crippen LogP contribution in [0.15, 0.2) is 72.8 Å². The molecule has 0 aliphatic rings. The van der Waals surface area contributed by atoms with Crippen molar-refractivity contribution < 1.29 is 14.3 Å². The second-order valence-corrected chi connectivity index (χ2v) is 6.49. The van der Waals surface area contributed by atoms with E-state index in [0.29, 0.717) is 11.2 Å². The van der Waals surface area contributed by atoms with Crippen LogP contribution in [0.2, 0.25) is 0 Å². The molecular formula is C23H20N4O3. The molecule has 30 heavy (non-hydrogen) atoms. The number of ether oxygens (including phenoxy) is 2. The van der Waals surface area contributed by atoms with Gasteiger partial charge >= 0.3 is 0 Å². The molecule has 7 heteroatoms. The highest BCUT2D eigenvalue weighted by Gasteiger charge is 2.07. The number of hydrogen-bond donors (Lipinski definition) is 1. The molecule has 0 saturated carbocycles. The molecule has 7 nitrogen and oxygen atoms in total. The molecule has 0 spiro atoms. The van der Waals surface area contributed by atoms with Gasteiger partial charge in [-0.2, -0.15) is 4.80 Å². The highest BCUT2D eigenvalue weighted by atomic mass is 16.5. The standard InChI is InChI=1S/C23H20N4O3/c1-29-19-9-3-16(4-10-19)5-14-23(28)24-17-6-13-21-22(15-17)26-27(25-21)18-7-11-20(30-2)12-8-18/h3-15H,1-2H3,(H,24,28)/b14-5+. The zero-order valence-electron chi connectivity index (χ0n) is 16.6. The van der Waals surface area contributed by atoms with Gasteiger partial charge in [0.25, 0.3) is 0 Å². The number of nitrogens with one attached hydrogen (secondary N) is 1. The van der Waals surface area contributed by atoms with E-state index in [2.05, 4.69) is 15.5 Å². The second kappa shape index (κ2) is 8.48. The molecule has 1 heterocycles. The third kappa shape index (κ3) is 4.30. The minimum Gasteiger partial charge on any atom is -0.497 e. The first-order valence-electron chi connectivity index (χ1n) is 9.29. The minimum atomic E-state index is -0.229. The van der Waals surface area contributed by atoms with Gasteiger partial charge in [0.2, 0.25) is 5.91 Å². The summed E-state index contributed by atoms with van der Waals surface area (Å²) in [5, 5.41) is 11.8. The van der Waals surface area contributed by atoms with Gasteiger partial charge in [-0.15, -0.1) is 10.2 Å². The number of carbonyl (C=O) groups is 1. The molecule has 0 atom stereocenters. The Bertz CT molecular complexity index is 1200. The number of amides is 1. The van der Waals surface area contributed by atoms with Crippen molar-refractivity contribution in [2.45, 2.75) is 0 Å². The normalized spacial score (nSPS) is 11.0. The Morgan fingerprint density at radius 3 is 2.17 bits per heavy atom. The lowest BCUT2D eigenvalue weighted by Gasteiger charge is -2.02. The number of anilines is 1. The van der Waals surface area contributed by atoms with Gasteiger partial charge in [-0.25, -0.2) is 0 Å². The van der Waals surface area contributed by atoms with E-state index < -0.39 is 0 Å². The number of aromatic nitrogens is 3. The van der Waals surface area contributed by atoms with Crippen LogP contribution in [-0.4, -0.2) is 35.1 Å². The van der Waals surface area contributed by atoms with Gasteiger partial charge in [0, 0.05) is 11.8 Å². The number of nitrogens with zero attached hydrogens (tertiary/aromatic N) is 3. The van der Waals surface area contributed by atoms with Crippen LogP contribution in [0, 0.1) is 0 Å². The summed E-state index contributed by atoms with van der Waals surface area (Å²) < 4.78 is 10.3. The molecule has 0 aliphatic heterocycles. The van der Waals surface area contributed by atoms with Crippen molar-refractivity contribution in [2.75, 3.05) is 19.5 Å². The molecular weight excluding hydrogens is 380 g/mol. The topological polar surface area (TPSA) is 78.3 Å². The van der Waals surface area contributed by atoms with E-state index >= 15 is 0 Å². The Morgan fingerprint density at radius 1 is 0.867 bits per heavy atom. The van der Waals surface area contributed by atoms with Gasteiger partial charge in [-0.05, 0) is 66.2 Å². The Kier molecular flexibility index (Phi) is 5.43. The van der Waals surface area contributed by atoms with Gasteiger partial charge in [-0.1, -0.05) is 12.1 Å². The molecule has 1 aromatic heterocycles. The second-order valence-electron chi connectivity index (χ2n) is 6.49. The smallest absolute Gasteiger partial charge is 0.248 e. The molecule has 4 rings (SSSR count). The molecule has 0 radical (unpaired) electrons. The molecule has 0 aliphatic carbocycles. The summed E-state index contributed by atoms with van der Waals surface area (Å²) in [6, 6.07) is 20.3. The largest absolute Gasteiger partial charge is 0.497 e. The summed E-state index contributed by atoms with van der Waals surface area (Å²) in [7, 11) is 3.24. The Balaban J connectivity index is 1.47. The van der Waals surface area contributed by atoms with Crippen molar-refractivity contribution in [3.8, 4) is 17.2 Å². The van der Waals surface area contributed by atoms with E-state index in [0.717, 1.165) is 28.3 Å². The van der Waals surface area contributed by atoms with Crippen molar-refractivity contribution in [3.63, 3.8) is 0 Å². The van der Waals surface area contributed by atoms with Crippen molar-refractivity contribution in [2.24, 2.45) is 0 Å². The first-order chi connectivity index (χ1) is 14.6. The van der Waals surface area contributed by atoms with E-state index in [9.17, 15) is 4.79 Å². The van der Waals surface area contributed by atoms with Crippen LogP contribution in [0.4, 0.5) is 5.69 Å². The summed E-state index contributed by atoms with van der Waals surface area (Å²) in [6.07, 6.45) is 3.23. The third-order valence-electron chi connectivity index (χ3n) is 4.49.